The van der Waals surface area contributed by atoms with E-state index in [1.165, 1.54) is 5.56 Å². The summed E-state index contributed by atoms with van der Waals surface area (Å²) in [5.74, 6) is 2.46. The van der Waals surface area contributed by atoms with Crippen LogP contribution in [0, 0.1) is 6.92 Å². The maximum atomic E-state index is 5.77. The van der Waals surface area contributed by atoms with Crippen LogP contribution in [-0.4, -0.2) is 40.4 Å². The molecule has 30 heavy (non-hydrogen) atoms. The fourth-order valence-corrected chi connectivity index (χ4v) is 2.99. The Morgan fingerprint density at radius 2 is 1.90 bits per heavy atom. The van der Waals surface area contributed by atoms with E-state index in [1.54, 1.807) is 21.3 Å². The lowest BCUT2D eigenvalue weighted by Gasteiger charge is -2.21. The Hall–Kier alpha value is -2.00. The molecule has 2 aromatic carbocycles. The zero-order valence-electron chi connectivity index (χ0n) is 18.5. The van der Waals surface area contributed by atoms with Crippen LogP contribution < -0.4 is 20.1 Å². The van der Waals surface area contributed by atoms with Crippen molar-refractivity contribution < 1.29 is 14.2 Å². The van der Waals surface area contributed by atoms with Crippen LogP contribution in [0.5, 0.6) is 11.5 Å². The standard InChI is InChI=1S/C23H33N3O3.HI/c1-17-10-11-22(28-5)21(14-17)18(2)26-23(24-3)25-16-19-8-6-9-20(15-19)29-13-7-12-27-4;/h6,8-11,14-15,18H,7,12-13,16H2,1-5H3,(H2,24,25,26);1H. The average Bonchev–Trinajstić information content (AvgIpc) is 2.74. The number of halogens is 1. The van der Waals surface area contributed by atoms with Crippen LogP contribution in [0.4, 0.5) is 0 Å². The highest BCUT2D eigenvalue weighted by Crippen LogP contribution is 2.26. The largest absolute Gasteiger partial charge is 0.496 e. The number of nitrogens with one attached hydrogen (secondary N) is 2. The molecule has 2 rings (SSSR count). The van der Waals surface area contributed by atoms with E-state index in [2.05, 4.69) is 41.6 Å². The van der Waals surface area contributed by atoms with Gasteiger partial charge in [-0.15, -0.1) is 24.0 Å². The van der Waals surface area contributed by atoms with E-state index in [9.17, 15) is 0 Å². The number of guanidine groups is 1. The van der Waals surface area contributed by atoms with Gasteiger partial charge in [-0.1, -0.05) is 29.8 Å². The highest BCUT2D eigenvalue weighted by Gasteiger charge is 2.13. The predicted octanol–water partition coefficient (Wildman–Crippen LogP) is 4.46. The molecule has 2 N–H and O–H groups in total. The molecule has 0 aliphatic heterocycles. The summed E-state index contributed by atoms with van der Waals surface area (Å²) in [5, 5.41) is 6.80. The van der Waals surface area contributed by atoms with Gasteiger partial charge in [-0.05, 0) is 37.6 Å². The Labute approximate surface area is 197 Å². The molecule has 1 unspecified atom stereocenters. The van der Waals surface area contributed by atoms with Gasteiger partial charge in [0.05, 0.1) is 19.8 Å². The maximum Gasteiger partial charge on any atom is 0.191 e. The van der Waals surface area contributed by atoms with E-state index in [4.69, 9.17) is 14.2 Å². The molecule has 0 amide bonds. The lowest BCUT2D eigenvalue weighted by Crippen LogP contribution is -2.38. The van der Waals surface area contributed by atoms with Gasteiger partial charge in [0.25, 0.3) is 0 Å². The molecule has 0 spiro atoms. The summed E-state index contributed by atoms with van der Waals surface area (Å²) in [5.41, 5.74) is 3.42. The number of nitrogens with zero attached hydrogens (tertiary/aromatic N) is 1. The smallest absolute Gasteiger partial charge is 0.191 e. The summed E-state index contributed by atoms with van der Waals surface area (Å²) >= 11 is 0. The molecule has 0 radical (unpaired) electrons. The normalized spacial score (nSPS) is 12.0. The van der Waals surface area contributed by atoms with Gasteiger partial charge in [-0.25, -0.2) is 0 Å². The highest BCUT2D eigenvalue weighted by atomic mass is 127. The minimum absolute atomic E-state index is 0. The third kappa shape index (κ3) is 8.39. The number of benzene rings is 2. The third-order valence-corrected chi connectivity index (χ3v) is 4.55. The number of aryl methyl sites for hydroxylation is 1. The van der Waals surface area contributed by atoms with Crippen molar-refractivity contribution in [3.8, 4) is 11.5 Å². The SMILES string of the molecule is CN=C(NCc1cccc(OCCCOC)c1)NC(C)c1cc(C)ccc1OC.I. The van der Waals surface area contributed by atoms with Crippen LogP contribution in [0.2, 0.25) is 0 Å². The number of aliphatic imine (C=N–C) groups is 1. The van der Waals surface area contributed by atoms with E-state index < -0.39 is 0 Å². The molecule has 2 aromatic rings. The molecule has 0 aliphatic carbocycles. The minimum atomic E-state index is 0. The van der Waals surface area contributed by atoms with Crippen LogP contribution in [0.3, 0.4) is 0 Å². The molecule has 7 heteroatoms. The molecule has 0 bridgehead atoms. The third-order valence-electron chi connectivity index (χ3n) is 4.55. The van der Waals surface area contributed by atoms with Crippen LogP contribution in [-0.2, 0) is 11.3 Å². The Morgan fingerprint density at radius 3 is 2.60 bits per heavy atom. The van der Waals surface area contributed by atoms with Gasteiger partial charge < -0.3 is 24.8 Å². The molecule has 0 heterocycles. The van der Waals surface area contributed by atoms with Crippen LogP contribution in [0.1, 0.15) is 36.1 Å². The second-order valence-corrected chi connectivity index (χ2v) is 6.88. The number of hydrogen-bond acceptors (Lipinski definition) is 4. The quantitative estimate of drug-likeness (QED) is 0.207. The summed E-state index contributed by atoms with van der Waals surface area (Å²) in [6, 6.07) is 14.3. The summed E-state index contributed by atoms with van der Waals surface area (Å²) in [4.78, 5) is 4.35. The minimum Gasteiger partial charge on any atom is -0.496 e. The molecule has 0 saturated carbocycles. The van der Waals surface area contributed by atoms with E-state index in [0.29, 0.717) is 19.8 Å². The van der Waals surface area contributed by atoms with Crippen molar-refractivity contribution in [2.75, 3.05) is 34.5 Å². The molecule has 166 valence electrons. The lowest BCUT2D eigenvalue weighted by molar-refractivity contribution is 0.172. The van der Waals surface area contributed by atoms with Gasteiger partial charge in [0.2, 0.25) is 0 Å². The molecule has 0 saturated heterocycles. The maximum absolute atomic E-state index is 5.77. The van der Waals surface area contributed by atoms with Crippen molar-refractivity contribution >= 4 is 29.9 Å². The monoisotopic (exact) mass is 527 g/mol. The predicted molar refractivity (Wildman–Crippen MR) is 133 cm³/mol. The van der Waals surface area contributed by atoms with Crippen LogP contribution in [0.15, 0.2) is 47.5 Å². The van der Waals surface area contributed by atoms with Crippen molar-refractivity contribution in [1.29, 1.82) is 0 Å². The molecule has 0 fully saturated rings. The molecule has 1 atom stereocenters. The van der Waals surface area contributed by atoms with Gasteiger partial charge in [-0.3, -0.25) is 4.99 Å². The Morgan fingerprint density at radius 1 is 1.10 bits per heavy atom. The number of hydrogen-bond donors (Lipinski definition) is 2. The lowest BCUT2D eigenvalue weighted by atomic mass is 10.0. The first-order valence-electron chi connectivity index (χ1n) is 9.89. The van der Waals surface area contributed by atoms with Crippen LogP contribution >= 0.6 is 24.0 Å². The number of rotatable bonds is 10. The molecular weight excluding hydrogens is 493 g/mol. The number of methoxy groups -OCH3 is 2. The molecular formula is C23H34IN3O3. The zero-order valence-corrected chi connectivity index (χ0v) is 20.9. The second-order valence-electron chi connectivity index (χ2n) is 6.88. The molecule has 6 nitrogen and oxygen atoms in total. The van der Waals surface area contributed by atoms with Crippen molar-refractivity contribution in [2.24, 2.45) is 4.99 Å². The highest BCUT2D eigenvalue weighted by molar-refractivity contribution is 14.0. The van der Waals surface area contributed by atoms with Gasteiger partial charge >= 0.3 is 0 Å². The fourth-order valence-electron chi connectivity index (χ4n) is 2.99. The van der Waals surface area contributed by atoms with Crippen molar-refractivity contribution in [1.82, 2.24) is 10.6 Å². The summed E-state index contributed by atoms with van der Waals surface area (Å²) in [7, 11) is 5.16. The Kier molecular flexibility index (Phi) is 12.2. The second kappa shape index (κ2) is 14.1. The molecule has 0 aromatic heterocycles. The Bertz CT molecular complexity index is 799. The summed E-state index contributed by atoms with van der Waals surface area (Å²) in [6.45, 7) is 6.16. The van der Waals surface area contributed by atoms with Crippen molar-refractivity contribution in [3.63, 3.8) is 0 Å². The van der Waals surface area contributed by atoms with Crippen molar-refractivity contribution in [2.45, 2.75) is 32.9 Å². The first kappa shape index (κ1) is 26.0. The van der Waals surface area contributed by atoms with Crippen LogP contribution in [0.25, 0.3) is 0 Å². The van der Waals surface area contributed by atoms with E-state index in [0.717, 1.165) is 35.0 Å². The van der Waals surface area contributed by atoms with Gasteiger partial charge in [0.1, 0.15) is 11.5 Å². The van der Waals surface area contributed by atoms with E-state index in [-0.39, 0.29) is 30.0 Å². The zero-order chi connectivity index (χ0) is 21.1. The summed E-state index contributed by atoms with van der Waals surface area (Å²) < 4.78 is 16.3. The first-order valence-corrected chi connectivity index (χ1v) is 9.89. The van der Waals surface area contributed by atoms with E-state index in [1.807, 2.05) is 30.3 Å². The fraction of sp³-hybridized carbons (Fsp3) is 0.435. The van der Waals surface area contributed by atoms with E-state index >= 15 is 0 Å². The topological polar surface area (TPSA) is 64.1 Å². The Balaban J connectivity index is 0.00000450. The first-order chi connectivity index (χ1) is 14.1. The van der Waals surface area contributed by atoms with Gasteiger partial charge in [0, 0.05) is 39.3 Å². The summed E-state index contributed by atoms with van der Waals surface area (Å²) in [6.07, 6.45) is 0.871. The average molecular weight is 527 g/mol. The van der Waals surface area contributed by atoms with Crippen molar-refractivity contribution in [3.05, 3.63) is 59.2 Å². The number of ether oxygens (including phenoxy) is 3. The molecule has 0 aliphatic rings. The van der Waals surface area contributed by atoms with Gasteiger partial charge in [0.15, 0.2) is 5.96 Å². The van der Waals surface area contributed by atoms with Gasteiger partial charge in [-0.2, -0.15) is 0 Å².